The van der Waals surface area contributed by atoms with E-state index in [-0.39, 0.29) is 5.60 Å². The minimum atomic E-state index is -0.259. The van der Waals surface area contributed by atoms with Crippen LogP contribution in [0.1, 0.15) is 40.0 Å². The molecule has 0 bridgehead atoms. The molecule has 0 aromatic heterocycles. The Morgan fingerprint density at radius 1 is 1.28 bits per heavy atom. The molecule has 2 aliphatic rings. The molecule has 4 heteroatoms. The van der Waals surface area contributed by atoms with Gasteiger partial charge in [-0.2, -0.15) is 0 Å². The topological polar surface area (TPSA) is 41.6 Å². The third-order valence-corrected chi connectivity index (χ3v) is 3.70. The first-order valence-electron chi connectivity index (χ1n) is 6.93. The van der Waals surface area contributed by atoms with Crippen molar-refractivity contribution in [3.05, 3.63) is 5.70 Å². The summed E-state index contributed by atoms with van der Waals surface area (Å²) in [6, 6.07) is 0. The normalized spacial score (nSPS) is 26.5. The van der Waals surface area contributed by atoms with Gasteiger partial charge in [-0.05, 0) is 59.0 Å². The second-order valence-corrected chi connectivity index (χ2v) is 6.28. The Kier molecular flexibility index (Phi) is 4.10. The molecule has 0 saturated carbocycles. The largest absolute Gasteiger partial charge is 0.317 e. The minimum Gasteiger partial charge on any atom is -0.317 e. The van der Waals surface area contributed by atoms with Crippen molar-refractivity contribution >= 4 is 5.94 Å². The third kappa shape index (κ3) is 3.14. The van der Waals surface area contributed by atoms with Gasteiger partial charge in [0.2, 0.25) is 0 Å². The van der Waals surface area contributed by atoms with Gasteiger partial charge in [0.1, 0.15) is 11.6 Å². The van der Waals surface area contributed by atoms with E-state index >= 15 is 0 Å². The van der Waals surface area contributed by atoms with Crippen LogP contribution >= 0.6 is 0 Å². The molecule has 0 radical (unpaired) electrons. The van der Waals surface area contributed by atoms with Crippen molar-refractivity contribution in [2.75, 3.05) is 19.6 Å². The van der Waals surface area contributed by atoms with Gasteiger partial charge in [0.25, 0.3) is 0 Å². The van der Waals surface area contributed by atoms with Crippen LogP contribution in [0.5, 0.6) is 0 Å². The Hall–Kier alpha value is -0.830. The highest BCUT2D eigenvalue weighted by atomic mass is 16.7. The summed E-state index contributed by atoms with van der Waals surface area (Å²) in [6.45, 7) is 8.96. The van der Waals surface area contributed by atoms with Gasteiger partial charge in [0, 0.05) is 12.5 Å². The molecule has 2 rings (SSSR count). The highest BCUT2D eigenvalue weighted by Crippen LogP contribution is 2.37. The van der Waals surface area contributed by atoms with E-state index in [9.17, 15) is 4.79 Å². The van der Waals surface area contributed by atoms with Crippen LogP contribution in [0, 0.1) is 11.8 Å². The van der Waals surface area contributed by atoms with Crippen LogP contribution in [0.4, 0.5) is 0 Å². The number of carbonyl (C=O) groups excluding carboxylic acids is 1. The van der Waals surface area contributed by atoms with Crippen molar-refractivity contribution in [3.63, 3.8) is 0 Å². The number of hydrogen-bond donors (Lipinski definition) is 1. The number of rotatable bonds is 2. The first kappa shape index (κ1) is 13.6. The SMILES string of the molecule is CC(C)(C)ON1CCC(C2CCNCC2)C1=C=O. The molecular formula is C14H24N2O2. The summed E-state index contributed by atoms with van der Waals surface area (Å²) in [5.74, 6) is 3.08. The molecule has 0 amide bonds. The molecule has 2 fully saturated rings. The van der Waals surface area contributed by atoms with Gasteiger partial charge in [-0.25, -0.2) is 9.86 Å². The second-order valence-electron chi connectivity index (χ2n) is 6.28. The van der Waals surface area contributed by atoms with E-state index in [4.69, 9.17) is 4.84 Å². The zero-order valence-electron chi connectivity index (χ0n) is 11.7. The van der Waals surface area contributed by atoms with Crippen LogP contribution in [0.25, 0.3) is 0 Å². The molecule has 1 N–H and O–H groups in total. The van der Waals surface area contributed by atoms with Gasteiger partial charge in [0.15, 0.2) is 0 Å². The number of allylic oxidation sites excluding steroid dienone is 1. The lowest BCUT2D eigenvalue weighted by Gasteiger charge is -2.31. The molecule has 102 valence electrons. The third-order valence-electron chi connectivity index (χ3n) is 3.70. The summed E-state index contributed by atoms with van der Waals surface area (Å²) in [7, 11) is 0. The number of hydroxylamine groups is 2. The standard InChI is InChI=1S/C14H24N2O2/c1-14(2,3)18-16-9-6-12(13(16)10-17)11-4-7-15-8-5-11/h11-12,15H,4-9H2,1-3H3. The van der Waals surface area contributed by atoms with Crippen molar-refractivity contribution in [3.8, 4) is 0 Å². The summed E-state index contributed by atoms with van der Waals surface area (Å²) >= 11 is 0. The molecule has 2 heterocycles. The van der Waals surface area contributed by atoms with Crippen LogP contribution in [0.15, 0.2) is 5.70 Å². The molecule has 2 saturated heterocycles. The van der Waals surface area contributed by atoms with Crippen LogP contribution in [0.3, 0.4) is 0 Å². The van der Waals surface area contributed by atoms with Gasteiger partial charge in [0.05, 0.1) is 5.60 Å². The van der Waals surface area contributed by atoms with Crippen molar-refractivity contribution in [2.24, 2.45) is 11.8 Å². The molecule has 1 atom stereocenters. The fourth-order valence-corrected chi connectivity index (χ4v) is 2.96. The first-order valence-corrected chi connectivity index (χ1v) is 6.93. The molecule has 2 aliphatic heterocycles. The van der Waals surface area contributed by atoms with Crippen LogP contribution < -0.4 is 5.32 Å². The van der Waals surface area contributed by atoms with E-state index in [1.807, 2.05) is 20.8 Å². The second kappa shape index (κ2) is 5.43. The molecule has 0 aromatic carbocycles. The molecule has 18 heavy (non-hydrogen) atoms. The molecule has 0 aromatic rings. The monoisotopic (exact) mass is 252 g/mol. The maximum atomic E-state index is 11.3. The van der Waals surface area contributed by atoms with Gasteiger partial charge in [-0.3, -0.25) is 4.84 Å². The minimum absolute atomic E-state index is 0.259. The summed E-state index contributed by atoms with van der Waals surface area (Å²) in [4.78, 5) is 17.1. The van der Waals surface area contributed by atoms with Gasteiger partial charge in [-0.15, -0.1) is 0 Å². The summed E-state index contributed by atoms with van der Waals surface area (Å²) in [5.41, 5.74) is 0.474. The fraction of sp³-hybridized carbons (Fsp3) is 0.857. The summed E-state index contributed by atoms with van der Waals surface area (Å²) in [6.07, 6.45) is 3.32. The van der Waals surface area contributed by atoms with Crippen molar-refractivity contribution in [2.45, 2.75) is 45.6 Å². The summed E-state index contributed by atoms with van der Waals surface area (Å²) in [5, 5.41) is 5.15. The van der Waals surface area contributed by atoms with E-state index in [2.05, 4.69) is 11.3 Å². The van der Waals surface area contributed by atoms with Crippen LogP contribution in [-0.4, -0.2) is 36.2 Å². The molecular weight excluding hydrogens is 228 g/mol. The Morgan fingerprint density at radius 3 is 2.50 bits per heavy atom. The molecule has 0 spiro atoms. The average molecular weight is 252 g/mol. The lowest BCUT2D eigenvalue weighted by Crippen LogP contribution is -2.34. The average Bonchev–Trinajstić information content (AvgIpc) is 2.70. The van der Waals surface area contributed by atoms with E-state index in [1.54, 1.807) is 5.06 Å². The van der Waals surface area contributed by atoms with Gasteiger partial charge in [-0.1, -0.05) is 0 Å². The smallest absolute Gasteiger partial charge is 0.148 e. The maximum Gasteiger partial charge on any atom is 0.148 e. The molecule has 4 nitrogen and oxygen atoms in total. The quantitative estimate of drug-likeness (QED) is 0.760. The predicted octanol–water partition coefficient (Wildman–Crippen LogP) is 1.75. The molecule has 0 aliphatic carbocycles. The fourth-order valence-electron chi connectivity index (χ4n) is 2.96. The lowest BCUT2D eigenvalue weighted by atomic mass is 9.83. The van der Waals surface area contributed by atoms with Crippen molar-refractivity contribution < 1.29 is 9.63 Å². The number of nitrogens with zero attached hydrogens (tertiary/aromatic N) is 1. The highest BCUT2D eigenvalue weighted by molar-refractivity contribution is 5.53. The number of piperidine rings is 1. The first-order chi connectivity index (χ1) is 8.51. The number of hydrogen-bond acceptors (Lipinski definition) is 4. The Morgan fingerprint density at radius 2 is 1.94 bits per heavy atom. The maximum absolute atomic E-state index is 11.3. The predicted molar refractivity (Wildman–Crippen MR) is 70.5 cm³/mol. The number of nitrogens with one attached hydrogen (secondary N) is 1. The van der Waals surface area contributed by atoms with E-state index in [0.717, 1.165) is 44.6 Å². The highest BCUT2D eigenvalue weighted by Gasteiger charge is 2.37. The summed E-state index contributed by atoms with van der Waals surface area (Å²) < 4.78 is 0. The lowest BCUT2D eigenvalue weighted by molar-refractivity contribution is -0.198. The van der Waals surface area contributed by atoms with E-state index in [1.165, 1.54) is 0 Å². The Balaban J connectivity index is 2.04. The van der Waals surface area contributed by atoms with Crippen LogP contribution in [0.2, 0.25) is 0 Å². The van der Waals surface area contributed by atoms with Crippen molar-refractivity contribution in [1.29, 1.82) is 0 Å². The van der Waals surface area contributed by atoms with Crippen LogP contribution in [-0.2, 0) is 9.63 Å². The Bertz CT molecular complexity index is 336. The zero-order valence-corrected chi connectivity index (χ0v) is 11.7. The zero-order chi connectivity index (χ0) is 13.2. The molecule has 1 unspecified atom stereocenters. The van der Waals surface area contributed by atoms with Crippen molar-refractivity contribution in [1.82, 2.24) is 10.4 Å². The van der Waals surface area contributed by atoms with Gasteiger partial charge < -0.3 is 5.32 Å². The van der Waals surface area contributed by atoms with E-state index < -0.39 is 0 Å². The Labute approximate surface area is 109 Å². The van der Waals surface area contributed by atoms with E-state index in [0.29, 0.717) is 11.8 Å². The van der Waals surface area contributed by atoms with Gasteiger partial charge >= 0.3 is 0 Å².